The molecule has 0 radical (unpaired) electrons. The van der Waals surface area contributed by atoms with E-state index in [1.807, 2.05) is 0 Å². The molecule has 0 unspecified atom stereocenters. The fourth-order valence-corrected chi connectivity index (χ4v) is 1.69. The number of aromatic hydroxyl groups is 1. The van der Waals surface area contributed by atoms with Gasteiger partial charge in [-0.05, 0) is 26.0 Å². The minimum Gasteiger partial charge on any atom is -0.506 e. The quantitative estimate of drug-likeness (QED) is 0.788. The van der Waals surface area contributed by atoms with Crippen molar-refractivity contribution in [2.75, 3.05) is 0 Å². The molecule has 0 spiro atoms. The summed E-state index contributed by atoms with van der Waals surface area (Å²) in [6.45, 7) is 3.54. The molecule has 94 valence electrons. The molecule has 0 aliphatic rings. The normalized spacial score (nSPS) is 11.5. The van der Waals surface area contributed by atoms with Gasteiger partial charge in [0.05, 0.1) is 10.6 Å². The molecule has 1 aromatic carbocycles. The first kappa shape index (κ1) is 14.1. The number of nitrogens with two attached hydrogens (primary N) is 1. The van der Waals surface area contributed by atoms with E-state index < -0.39 is 11.4 Å². The monoisotopic (exact) mass is 276 g/mol. The largest absolute Gasteiger partial charge is 0.506 e. The molecule has 0 fully saturated rings. The molecule has 1 aromatic rings. The second kappa shape index (κ2) is 5.12. The summed E-state index contributed by atoms with van der Waals surface area (Å²) in [5.41, 5.74) is 4.85. The average Bonchev–Trinajstić information content (AvgIpc) is 2.21. The molecule has 0 atom stereocenters. The van der Waals surface area contributed by atoms with Crippen LogP contribution in [-0.2, 0) is 11.3 Å². The van der Waals surface area contributed by atoms with Crippen molar-refractivity contribution < 1.29 is 9.90 Å². The molecular formula is C11H14Cl2N2O2. The van der Waals surface area contributed by atoms with Crippen LogP contribution in [0.3, 0.4) is 0 Å². The number of phenols is 1. The number of halogens is 2. The van der Waals surface area contributed by atoms with Crippen molar-refractivity contribution in [3.63, 3.8) is 0 Å². The van der Waals surface area contributed by atoms with Crippen LogP contribution in [0.25, 0.3) is 0 Å². The summed E-state index contributed by atoms with van der Waals surface area (Å²) >= 11 is 11.6. The second-order valence-corrected chi connectivity index (χ2v) is 5.08. The number of rotatable bonds is 4. The minimum atomic E-state index is -0.874. The predicted octanol–water partition coefficient (Wildman–Crippen LogP) is 2.05. The lowest BCUT2D eigenvalue weighted by molar-refractivity contribution is -0.123. The Labute approximate surface area is 110 Å². The molecular weight excluding hydrogens is 263 g/mol. The SMILES string of the molecule is CC(C)(NCc1cc(Cl)cc(Cl)c1O)C(N)=O. The molecule has 17 heavy (non-hydrogen) atoms. The van der Waals surface area contributed by atoms with Gasteiger partial charge in [0.25, 0.3) is 0 Å². The smallest absolute Gasteiger partial charge is 0.237 e. The first-order chi connectivity index (χ1) is 7.74. The van der Waals surface area contributed by atoms with E-state index in [4.69, 9.17) is 28.9 Å². The Bertz CT molecular complexity index is 447. The zero-order valence-corrected chi connectivity index (χ0v) is 11.1. The van der Waals surface area contributed by atoms with E-state index in [0.717, 1.165) is 0 Å². The van der Waals surface area contributed by atoms with Gasteiger partial charge in [0, 0.05) is 17.1 Å². The number of hydrogen-bond donors (Lipinski definition) is 3. The zero-order chi connectivity index (χ0) is 13.2. The number of hydrogen-bond acceptors (Lipinski definition) is 3. The highest BCUT2D eigenvalue weighted by molar-refractivity contribution is 6.35. The number of carbonyl (C=O) groups excluding carboxylic acids is 1. The van der Waals surface area contributed by atoms with Gasteiger partial charge in [-0.2, -0.15) is 0 Å². The van der Waals surface area contributed by atoms with Gasteiger partial charge in [0.1, 0.15) is 5.75 Å². The van der Waals surface area contributed by atoms with Gasteiger partial charge in [-0.15, -0.1) is 0 Å². The first-order valence-corrected chi connectivity index (χ1v) is 5.71. The van der Waals surface area contributed by atoms with E-state index in [-0.39, 0.29) is 17.3 Å². The van der Waals surface area contributed by atoms with E-state index in [9.17, 15) is 9.90 Å². The van der Waals surface area contributed by atoms with E-state index >= 15 is 0 Å². The third kappa shape index (κ3) is 3.49. The number of phenolic OH excluding ortho intramolecular Hbond substituents is 1. The fraction of sp³-hybridized carbons (Fsp3) is 0.364. The Morgan fingerprint density at radius 3 is 2.59 bits per heavy atom. The molecule has 0 aliphatic carbocycles. The van der Waals surface area contributed by atoms with Crippen molar-refractivity contribution in [2.24, 2.45) is 5.73 Å². The number of benzene rings is 1. The van der Waals surface area contributed by atoms with E-state index in [1.54, 1.807) is 19.9 Å². The third-order valence-corrected chi connectivity index (χ3v) is 2.95. The van der Waals surface area contributed by atoms with Crippen LogP contribution in [0.1, 0.15) is 19.4 Å². The highest BCUT2D eigenvalue weighted by Crippen LogP contribution is 2.31. The van der Waals surface area contributed by atoms with Crippen LogP contribution in [0, 0.1) is 0 Å². The summed E-state index contributed by atoms with van der Waals surface area (Å²) in [5, 5.41) is 13.2. The molecule has 0 saturated carbocycles. The van der Waals surface area contributed by atoms with Crippen molar-refractivity contribution in [3.8, 4) is 5.75 Å². The van der Waals surface area contributed by atoms with Crippen molar-refractivity contribution in [1.82, 2.24) is 5.32 Å². The molecule has 1 amide bonds. The predicted molar refractivity (Wildman–Crippen MR) is 68.2 cm³/mol. The number of primary amides is 1. The van der Waals surface area contributed by atoms with Gasteiger partial charge in [0.2, 0.25) is 5.91 Å². The number of nitrogens with one attached hydrogen (secondary N) is 1. The van der Waals surface area contributed by atoms with Crippen LogP contribution >= 0.6 is 23.2 Å². The fourth-order valence-electron chi connectivity index (χ4n) is 1.16. The van der Waals surface area contributed by atoms with E-state index in [2.05, 4.69) is 5.32 Å². The van der Waals surface area contributed by atoms with Crippen molar-refractivity contribution in [1.29, 1.82) is 0 Å². The second-order valence-electron chi connectivity index (χ2n) is 4.24. The Hall–Kier alpha value is -0.970. The number of carbonyl (C=O) groups is 1. The van der Waals surface area contributed by atoms with Crippen LogP contribution in [-0.4, -0.2) is 16.6 Å². The van der Waals surface area contributed by atoms with Gasteiger partial charge < -0.3 is 10.8 Å². The van der Waals surface area contributed by atoms with Gasteiger partial charge in [-0.1, -0.05) is 23.2 Å². The van der Waals surface area contributed by atoms with Crippen LogP contribution in [0.5, 0.6) is 5.75 Å². The molecule has 0 bridgehead atoms. The maximum Gasteiger partial charge on any atom is 0.237 e. The Balaban J connectivity index is 2.87. The average molecular weight is 277 g/mol. The zero-order valence-electron chi connectivity index (χ0n) is 9.55. The Morgan fingerprint density at radius 1 is 1.47 bits per heavy atom. The van der Waals surface area contributed by atoms with Gasteiger partial charge in [-0.25, -0.2) is 0 Å². The molecule has 0 saturated heterocycles. The molecule has 0 aromatic heterocycles. The van der Waals surface area contributed by atoms with Crippen LogP contribution in [0.4, 0.5) is 0 Å². The summed E-state index contributed by atoms with van der Waals surface area (Å²) in [7, 11) is 0. The van der Waals surface area contributed by atoms with E-state index in [1.165, 1.54) is 6.07 Å². The summed E-state index contributed by atoms with van der Waals surface area (Å²) in [4.78, 5) is 11.1. The van der Waals surface area contributed by atoms with Gasteiger partial charge in [0.15, 0.2) is 0 Å². The van der Waals surface area contributed by atoms with Gasteiger partial charge in [-0.3, -0.25) is 10.1 Å². The lowest BCUT2D eigenvalue weighted by atomic mass is 10.0. The Morgan fingerprint density at radius 2 is 2.06 bits per heavy atom. The molecule has 4 nitrogen and oxygen atoms in total. The van der Waals surface area contributed by atoms with Crippen LogP contribution < -0.4 is 11.1 Å². The van der Waals surface area contributed by atoms with Crippen molar-refractivity contribution >= 4 is 29.1 Å². The van der Waals surface area contributed by atoms with Crippen molar-refractivity contribution in [2.45, 2.75) is 25.9 Å². The molecule has 1 rings (SSSR count). The third-order valence-electron chi connectivity index (χ3n) is 2.44. The van der Waals surface area contributed by atoms with Gasteiger partial charge >= 0.3 is 0 Å². The lowest BCUT2D eigenvalue weighted by Gasteiger charge is -2.22. The molecule has 0 aliphatic heterocycles. The first-order valence-electron chi connectivity index (χ1n) is 4.96. The standard InChI is InChI=1S/C11H14Cl2N2O2/c1-11(2,10(14)17)15-5-6-3-7(12)4-8(13)9(6)16/h3-4,15-16H,5H2,1-2H3,(H2,14,17). The number of amides is 1. The highest BCUT2D eigenvalue weighted by Gasteiger charge is 2.24. The van der Waals surface area contributed by atoms with Crippen molar-refractivity contribution in [3.05, 3.63) is 27.7 Å². The maximum atomic E-state index is 11.1. The molecule has 4 N–H and O–H groups in total. The molecule has 6 heteroatoms. The van der Waals surface area contributed by atoms with Crippen LogP contribution in [0.2, 0.25) is 10.0 Å². The summed E-state index contributed by atoms with van der Waals surface area (Å²) < 4.78 is 0. The maximum absolute atomic E-state index is 11.1. The Kier molecular flexibility index (Phi) is 4.25. The highest BCUT2D eigenvalue weighted by atomic mass is 35.5. The summed E-state index contributed by atoms with van der Waals surface area (Å²) in [5.74, 6) is -0.533. The van der Waals surface area contributed by atoms with Crippen LogP contribution in [0.15, 0.2) is 12.1 Å². The summed E-state index contributed by atoms with van der Waals surface area (Å²) in [6.07, 6.45) is 0. The topological polar surface area (TPSA) is 75.3 Å². The molecule has 0 heterocycles. The summed E-state index contributed by atoms with van der Waals surface area (Å²) in [6, 6.07) is 3.02. The minimum absolute atomic E-state index is 0.0520. The lowest BCUT2D eigenvalue weighted by Crippen LogP contribution is -2.50. The van der Waals surface area contributed by atoms with E-state index in [0.29, 0.717) is 10.6 Å².